The molecule has 0 saturated heterocycles. The summed E-state index contributed by atoms with van der Waals surface area (Å²) in [5.74, 6) is -0.292. The predicted molar refractivity (Wildman–Crippen MR) is 98.7 cm³/mol. The highest BCUT2D eigenvalue weighted by Gasteiger charge is 2.14. The van der Waals surface area contributed by atoms with Gasteiger partial charge in [-0.2, -0.15) is 0 Å². The van der Waals surface area contributed by atoms with Crippen LogP contribution < -0.4 is 5.32 Å². The lowest BCUT2D eigenvalue weighted by Gasteiger charge is -2.17. The minimum atomic E-state index is -0.177. The van der Waals surface area contributed by atoms with Gasteiger partial charge in [0.1, 0.15) is 0 Å². The molecule has 1 aromatic carbocycles. The van der Waals surface area contributed by atoms with Gasteiger partial charge in [0.15, 0.2) is 0 Å². The third-order valence-electron chi connectivity index (χ3n) is 3.60. The molecule has 0 atom stereocenters. The van der Waals surface area contributed by atoms with Crippen LogP contribution in [0.4, 0.5) is 5.69 Å². The molecule has 0 radical (unpaired) electrons. The Kier molecular flexibility index (Phi) is 5.20. The Morgan fingerprint density at radius 3 is 2.76 bits per heavy atom. The third kappa shape index (κ3) is 4.30. The second-order valence-corrected chi connectivity index (χ2v) is 6.48. The van der Waals surface area contributed by atoms with E-state index in [1.165, 1.54) is 11.3 Å². The highest BCUT2D eigenvalue weighted by Crippen LogP contribution is 2.16. The Hall–Kier alpha value is -2.99. The van der Waals surface area contributed by atoms with E-state index in [0.717, 1.165) is 5.56 Å². The van der Waals surface area contributed by atoms with Crippen molar-refractivity contribution in [3.05, 3.63) is 82.3 Å². The van der Waals surface area contributed by atoms with Crippen molar-refractivity contribution in [3.63, 3.8) is 0 Å². The van der Waals surface area contributed by atoms with E-state index in [1.807, 2.05) is 23.6 Å². The van der Waals surface area contributed by atoms with Gasteiger partial charge in [-0.25, -0.2) is 0 Å². The number of hydrogen-bond acceptors (Lipinski definition) is 4. The van der Waals surface area contributed by atoms with E-state index in [2.05, 4.69) is 10.3 Å². The monoisotopic (exact) mass is 351 g/mol. The summed E-state index contributed by atoms with van der Waals surface area (Å²) in [6.07, 6.45) is 3.44. The number of pyridine rings is 1. The smallest absolute Gasteiger partial charge is 0.265 e. The van der Waals surface area contributed by atoms with Crippen molar-refractivity contribution in [2.24, 2.45) is 0 Å². The van der Waals surface area contributed by atoms with Gasteiger partial charge in [-0.05, 0) is 41.3 Å². The van der Waals surface area contributed by atoms with Crippen LogP contribution in [0.5, 0.6) is 0 Å². The van der Waals surface area contributed by atoms with E-state index in [4.69, 9.17) is 0 Å². The van der Waals surface area contributed by atoms with Crippen molar-refractivity contribution in [1.82, 2.24) is 9.88 Å². The maximum atomic E-state index is 12.6. The lowest BCUT2D eigenvalue weighted by molar-refractivity contribution is 0.0784. The molecule has 0 aliphatic heterocycles. The van der Waals surface area contributed by atoms with Crippen LogP contribution in [0.25, 0.3) is 0 Å². The lowest BCUT2D eigenvalue weighted by atomic mass is 10.1. The van der Waals surface area contributed by atoms with Gasteiger partial charge in [0.25, 0.3) is 11.8 Å². The van der Waals surface area contributed by atoms with E-state index in [1.54, 1.807) is 54.7 Å². The summed E-state index contributed by atoms with van der Waals surface area (Å²) in [6.45, 7) is 0.471. The number of aromatic nitrogens is 1. The molecule has 0 saturated carbocycles. The molecule has 2 amide bonds. The number of carbonyl (C=O) groups is 2. The fourth-order valence-corrected chi connectivity index (χ4v) is 3.01. The Morgan fingerprint density at radius 2 is 2.04 bits per heavy atom. The SMILES string of the molecule is CN(Cc1cccnc1)C(=O)c1cccc(NC(=O)c2cccs2)c1. The van der Waals surface area contributed by atoms with Crippen molar-refractivity contribution in [2.75, 3.05) is 12.4 Å². The Bertz CT molecular complexity index is 863. The number of anilines is 1. The van der Waals surface area contributed by atoms with Gasteiger partial charge in [0.2, 0.25) is 0 Å². The molecule has 0 unspecified atom stereocenters. The maximum absolute atomic E-state index is 12.6. The van der Waals surface area contributed by atoms with Gasteiger partial charge in [0.05, 0.1) is 4.88 Å². The number of thiophene rings is 1. The number of nitrogens with zero attached hydrogens (tertiary/aromatic N) is 2. The van der Waals surface area contributed by atoms with Crippen molar-refractivity contribution < 1.29 is 9.59 Å². The van der Waals surface area contributed by atoms with E-state index in [9.17, 15) is 9.59 Å². The molecule has 0 spiro atoms. The third-order valence-corrected chi connectivity index (χ3v) is 4.47. The van der Waals surface area contributed by atoms with Crippen LogP contribution in [0.1, 0.15) is 25.6 Å². The largest absolute Gasteiger partial charge is 0.337 e. The van der Waals surface area contributed by atoms with Crippen LogP contribution in [0.2, 0.25) is 0 Å². The number of benzene rings is 1. The average molecular weight is 351 g/mol. The molecule has 6 heteroatoms. The van der Waals surface area contributed by atoms with E-state index in [0.29, 0.717) is 22.7 Å². The molecule has 1 N–H and O–H groups in total. The zero-order chi connectivity index (χ0) is 17.6. The Balaban J connectivity index is 1.70. The highest BCUT2D eigenvalue weighted by molar-refractivity contribution is 7.12. The van der Waals surface area contributed by atoms with E-state index >= 15 is 0 Å². The first kappa shape index (κ1) is 16.9. The normalized spacial score (nSPS) is 10.3. The summed E-state index contributed by atoms with van der Waals surface area (Å²) in [5, 5.41) is 4.67. The lowest BCUT2D eigenvalue weighted by Crippen LogP contribution is -2.26. The Morgan fingerprint density at radius 1 is 1.16 bits per heavy atom. The van der Waals surface area contributed by atoms with Crippen LogP contribution in [0, 0.1) is 0 Å². The predicted octanol–water partition coefficient (Wildman–Crippen LogP) is 3.67. The zero-order valence-corrected chi connectivity index (χ0v) is 14.5. The first-order chi connectivity index (χ1) is 12.1. The molecule has 3 rings (SSSR count). The number of nitrogens with one attached hydrogen (secondary N) is 1. The van der Waals surface area contributed by atoms with Crippen LogP contribution in [0.3, 0.4) is 0 Å². The fraction of sp³-hybridized carbons (Fsp3) is 0.105. The Labute approximate surface area is 149 Å². The second-order valence-electron chi connectivity index (χ2n) is 5.53. The molecule has 0 bridgehead atoms. The molecule has 0 aliphatic carbocycles. The molecule has 2 heterocycles. The summed E-state index contributed by atoms with van der Waals surface area (Å²) >= 11 is 1.37. The summed E-state index contributed by atoms with van der Waals surface area (Å²) in [4.78, 5) is 31.0. The molecular weight excluding hydrogens is 334 g/mol. The molecule has 25 heavy (non-hydrogen) atoms. The summed E-state index contributed by atoms with van der Waals surface area (Å²) in [6, 6.07) is 14.3. The zero-order valence-electron chi connectivity index (χ0n) is 13.7. The topological polar surface area (TPSA) is 62.3 Å². The van der Waals surface area contributed by atoms with Gasteiger partial charge in [0, 0.05) is 37.2 Å². The first-order valence-electron chi connectivity index (χ1n) is 7.73. The molecule has 3 aromatic rings. The minimum Gasteiger partial charge on any atom is -0.337 e. The molecule has 0 aliphatic rings. The fourth-order valence-electron chi connectivity index (χ4n) is 2.39. The van der Waals surface area contributed by atoms with Crippen molar-refractivity contribution >= 4 is 28.8 Å². The van der Waals surface area contributed by atoms with Gasteiger partial charge >= 0.3 is 0 Å². The summed E-state index contributed by atoms with van der Waals surface area (Å²) < 4.78 is 0. The van der Waals surface area contributed by atoms with Gasteiger partial charge < -0.3 is 10.2 Å². The van der Waals surface area contributed by atoms with Gasteiger partial charge in [-0.1, -0.05) is 18.2 Å². The van der Waals surface area contributed by atoms with Crippen LogP contribution >= 0.6 is 11.3 Å². The van der Waals surface area contributed by atoms with Crippen LogP contribution in [0.15, 0.2) is 66.3 Å². The number of amides is 2. The number of rotatable bonds is 5. The average Bonchev–Trinajstić information content (AvgIpc) is 3.17. The summed E-state index contributed by atoms with van der Waals surface area (Å²) in [5.41, 5.74) is 2.08. The van der Waals surface area contributed by atoms with Crippen molar-refractivity contribution in [1.29, 1.82) is 0 Å². The summed E-state index contributed by atoms with van der Waals surface area (Å²) in [7, 11) is 1.74. The minimum absolute atomic E-state index is 0.115. The number of hydrogen-bond donors (Lipinski definition) is 1. The van der Waals surface area contributed by atoms with Gasteiger partial charge in [-0.3, -0.25) is 14.6 Å². The van der Waals surface area contributed by atoms with E-state index in [-0.39, 0.29) is 11.8 Å². The van der Waals surface area contributed by atoms with E-state index < -0.39 is 0 Å². The molecule has 5 nitrogen and oxygen atoms in total. The first-order valence-corrected chi connectivity index (χ1v) is 8.61. The molecule has 126 valence electrons. The van der Waals surface area contributed by atoms with Crippen molar-refractivity contribution in [2.45, 2.75) is 6.54 Å². The van der Waals surface area contributed by atoms with Crippen LogP contribution in [-0.4, -0.2) is 28.7 Å². The quantitative estimate of drug-likeness (QED) is 0.763. The maximum Gasteiger partial charge on any atom is 0.265 e. The highest BCUT2D eigenvalue weighted by atomic mass is 32.1. The standard InChI is InChI=1S/C19H17N3O2S/c1-22(13-14-5-3-9-20-12-14)19(24)15-6-2-7-16(11-15)21-18(23)17-8-4-10-25-17/h2-12H,13H2,1H3,(H,21,23). The second kappa shape index (κ2) is 7.72. The van der Waals surface area contributed by atoms with Crippen LogP contribution in [-0.2, 0) is 6.54 Å². The number of carbonyl (C=O) groups excluding carboxylic acids is 2. The molecule has 0 fully saturated rings. The van der Waals surface area contributed by atoms with Gasteiger partial charge in [-0.15, -0.1) is 11.3 Å². The molecular formula is C19H17N3O2S. The van der Waals surface area contributed by atoms with Crippen molar-refractivity contribution in [3.8, 4) is 0 Å². The molecule has 2 aromatic heterocycles.